The molecule has 4 nitrogen and oxygen atoms in total. The molecule has 1 N–H and O–H groups in total. The van der Waals surface area contributed by atoms with E-state index >= 15 is 0 Å². The van der Waals surface area contributed by atoms with Gasteiger partial charge in [0.2, 0.25) is 11.8 Å². The van der Waals surface area contributed by atoms with Gasteiger partial charge in [-0.05, 0) is 30.4 Å². The van der Waals surface area contributed by atoms with Gasteiger partial charge in [0.05, 0.1) is 0 Å². The third-order valence-electron chi connectivity index (χ3n) is 3.42. The molecule has 1 saturated heterocycles. The highest BCUT2D eigenvalue weighted by Crippen LogP contribution is 2.17. The molecule has 1 aliphatic heterocycles. The van der Waals surface area contributed by atoms with Crippen molar-refractivity contribution in [2.75, 3.05) is 13.3 Å². The Hall–Kier alpha value is -1.49. The van der Waals surface area contributed by atoms with Crippen LogP contribution in [0.2, 0.25) is 0 Å². The number of likely N-dealkylation sites (tertiary alicyclic amines) is 1. The van der Waals surface area contributed by atoms with E-state index in [1.807, 2.05) is 30.5 Å². The Morgan fingerprint density at radius 3 is 2.63 bits per heavy atom. The zero-order valence-corrected chi connectivity index (χ0v) is 12.0. The summed E-state index contributed by atoms with van der Waals surface area (Å²) in [7, 11) is 1.69. The molecule has 2 rings (SSSR count). The molecule has 0 saturated carbocycles. The molecule has 1 aliphatic rings. The summed E-state index contributed by atoms with van der Waals surface area (Å²) in [6.07, 6.45) is 3.12. The molecule has 1 aromatic carbocycles. The normalized spacial score (nSPS) is 18.7. The number of nitrogens with zero attached hydrogens (tertiary/aromatic N) is 1. The van der Waals surface area contributed by atoms with Crippen molar-refractivity contribution in [3.63, 3.8) is 0 Å². The molecule has 1 fully saturated rings. The highest BCUT2D eigenvalue weighted by Gasteiger charge is 2.32. The molecule has 1 heterocycles. The first kappa shape index (κ1) is 13.9. The van der Waals surface area contributed by atoms with Gasteiger partial charge in [0.15, 0.2) is 0 Å². The fourth-order valence-corrected chi connectivity index (χ4v) is 2.57. The van der Waals surface area contributed by atoms with Gasteiger partial charge in [-0.1, -0.05) is 12.1 Å². The average Bonchev–Trinajstić information content (AvgIpc) is 2.77. The van der Waals surface area contributed by atoms with Crippen molar-refractivity contribution in [3.05, 3.63) is 29.8 Å². The van der Waals surface area contributed by atoms with Crippen LogP contribution < -0.4 is 5.32 Å². The number of rotatable bonds is 4. The van der Waals surface area contributed by atoms with E-state index in [0.717, 1.165) is 5.56 Å². The molecule has 102 valence electrons. The van der Waals surface area contributed by atoms with Crippen molar-refractivity contribution in [1.29, 1.82) is 0 Å². The standard InChI is InChI=1S/C14H18N2O2S/c1-16-12(7-8-13(16)17)14(18)15-9-10-3-5-11(19-2)6-4-10/h3-6,12H,7-9H2,1-2H3,(H,15,18)/t12-/m0/s1. The number of hydrogen-bond donors (Lipinski definition) is 1. The van der Waals surface area contributed by atoms with Crippen LogP contribution in [0.25, 0.3) is 0 Å². The fourth-order valence-electron chi connectivity index (χ4n) is 2.16. The average molecular weight is 278 g/mol. The number of thioether (sulfide) groups is 1. The highest BCUT2D eigenvalue weighted by molar-refractivity contribution is 7.98. The molecule has 0 aromatic heterocycles. The summed E-state index contributed by atoms with van der Waals surface area (Å²) in [5.74, 6) is -0.0215. The molecule has 0 bridgehead atoms. The van der Waals surface area contributed by atoms with Gasteiger partial charge in [-0.15, -0.1) is 11.8 Å². The van der Waals surface area contributed by atoms with Crippen LogP contribution >= 0.6 is 11.8 Å². The van der Waals surface area contributed by atoms with E-state index in [0.29, 0.717) is 19.4 Å². The number of benzene rings is 1. The smallest absolute Gasteiger partial charge is 0.243 e. The molecule has 0 spiro atoms. The van der Waals surface area contributed by atoms with Crippen LogP contribution in [0.5, 0.6) is 0 Å². The molecular weight excluding hydrogens is 260 g/mol. The number of nitrogens with one attached hydrogen (secondary N) is 1. The quantitative estimate of drug-likeness (QED) is 0.852. The molecule has 5 heteroatoms. The van der Waals surface area contributed by atoms with E-state index in [4.69, 9.17) is 0 Å². The zero-order valence-electron chi connectivity index (χ0n) is 11.2. The van der Waals surface area contributed by atoms with E-state index in [1.54, 1.807) is 18.8 Å². The van der Waals surface area contributed by atoms with Crippen molar-refractivity contribution < 1.29 is 9.59 Å². The summed E-state index contributed by atoms with van der Waals surface area (Å²) in [6.45, 7) is 0.506. The summed E-state index contributed by atoms with van der Waals surface area (Å²) in [5.41, 5.74) is 1.07. The lowest BCUT2D eigenvalue weighted by molar-refractivity contribution is -0.133. The van der Waals surface area contributed by atoms with E-state index in [9.17, 15) is 9.59 Å². The molecule has 2 amide bonds. The van der Waals surface area contributed by atoms with Gasteiger partial charge in [-0.25, -0.2) is 0 Å². The largest absolute Gasteiger partial charge is 0.350 e. The maximum atomic E-state index is 12.0. The second kappa shape index (κ2) is 6.10. The SMILES string of the molecule is CSc1ccc(CNC(=O)[C@@H]2CCC(=O)N2C)cc1. The molecule has 1 aromatic rings. The van der Waals surface area contributed by atoms with Gasteiger partial charge < -0.3 is 10.2 Å². The van der Waals surface area contributed by atoms with Gasteiger partial charge in [0.1, 0.15) is 6.04 Å². The maximum absolute atomic E-state index is 12.0. The van der Waals surface area contributed by atoms with Crippen molar-refractivity contribution in [2.24, 2.45) is 0 Å². The Bertz CT molecular complexity index is 473. The molecule has 0 radical (unpaired) electrons. The number of likely N-dealkylation sites (N-methyl/N-ethyl adjacent to an activating group) is 1. The van der Waals surface area contributed by atoms with E-state index in [2.05, 4.69) is 5.32 Å². The lowest BCUT2D eigenvalue weighted by atomic mass is 10.2. The molecule has 0 aliphatic carbocycles. The maximum Gasteiger partial charge on any atom is 0.243 e. The first-order valence-electron chi connectivity index (χ1n) is 6.28. The van der Waals surface area contributed by atoms with E-state index in [1.165, 1.54) is 9.80 Å². The number of hydrogen-bond acceptors (Lipinski definition) is 3. The molecule has 1 atom stereocenters. The predicted octanol–water partition coefficient (Wildman–Crippen LogP) is 1.65. The van der Waals surface area contributed by atoms with Crippen LogP contribution in [0, 0.1) is 0 Å². The summed E-state index contributed by atoms with van der Waals surface area (Å²) in [5, 5.41) is 2.89. The monoisotopic (exact) mass is 278 g/mol. The third-order valence-corrected chi connectivity index (χ3v) is 4.16. The first-order chi connectivity index (χ1) is 9.11. The minimum atomic E-state index is -0.307. The predicted molar refractivity (Wildman–Crippen MR) is 75.9 cm³/mol. The second-order valence-electron chi connectivity index (χ2n) is 4.62. The van der Waals surface area contributed by atoms with Gasteiger partial charge in [0.25, 0.3) is 0 Å². The molecule has 19 heavy (non-hydrogen) atoms. The van der Waals surface area contributed by atoms with Crippen molar-refractivity contribution in [1.82, 2.24) is 10.2 Å². The minimum absolute atomic E-state index is 0.0458. The zero-order chi connectivity index (χ0) is 13.8. The van der Waals surface area contributed by atoms with Crippen molar-refractivity contribution >= 4 is 23.6 Å². The van der Waals surface area contributed by atoms with Gasteiger partial charge in [0, 0.05) is 24.9 Å². The summed E-state index contributed by atoms with van der Waals surface area (Å²) in [6, 6.07) is 7.79. The molecular formula is C14H18N2O2S. The first-order valence-corrected chi connectivity index (χ1v) is 7.50. The second-order valence-corrected chi connectivity index (χ2v) is 5.50. The van der Waals surface area contributed by atoms with Crippen LogP contribution in [-0.2, 0) is 16.1 Å². The summed E-state index contributed by atoms with van der Waals surface area (Å²) in [4.78, 5) is 26.1. The van der Waals surface area contributed by atoms with Crippen LogP contribution in [-0.4, -0.2) is 36.1 Å². The highest BCUT2D eigenvalue weighted by atomic mass is 32.2. The van der Waals surface area contributed by atoms with Crippen molar-refractivity contribution in [2.45, 2.75) is 30.3 Å². The summed E-state index contributed by atoms with van der Waals surface area (Å²) >= 11 is 1.69. The van der Waals surface area contributed by atoms with Gasteiger partial charge in [-0.2, -0.15) is 0 Å². The number of amides is 2. The van der Waals surface area contributed by atoms with Crippen LogP contribution in [0.3, 0.4) is 0 Å². The minimum Gasteiger partial charge on any atom is -0.350 e. The Morgan fingerprint density at radius 2 is 2.11 bits per heavy atom. The lowest BCUT2D eigenvalue weighted by Crippen LogP contribution is -2.42. The fraction of sp³-hybridized carbons (Fsp3) is 0.429. The Balaban J connectivity index is 1.87. The number of carbonyl (C=O) groups excluding carboxylic acids is 2. The van der Waals surface area contributed by atoms with Gasteiger partial charge in [-0.3, -0.25) is 9.59 Å². The topological polar surface area (TPSA) is 49.4 Å². The Kier molecular flexibility index (Phi) is 4.47. The Labute approximate surface area is 117 Å². The van der Waals surface area contributed by atoms with Crippen LogP contribution in [0.4, 0.5) is 0 Å². The summed E-state index contributed by atoms with van der Waals surface area (Å²) < 4.78 is 0. The van der Waals surface area contributed by atoms with E-state index in [-0.39, 0.29) is 17.9 Å². The van der Waals surface area contributed by atoms with E-state index < -0.39 is 0 Å². The van der Waals surface area contributed by atoms with Crippen LogP contribution in [0.15, 0.2) is 29.2 Å². The molecule has 0 unspecified atom stereocenters. The Morgan fingerprint density at radius 1 is 1.42 bits per heavy atom. The number of carbonyl (C=O) groups is 2. The third kappa shape index (κ3) is 3.29. The lowest BCUT2D eigenvalue weighted by Gasteiger charge is -2.19. The van der Waals surface area contributed by atoms with Gasteiger partial charge >= 0.3 is 0 Å². The van der Waals surface area contributed by atoms with Crippen molar-refractivity contribution in [3.8, 4) is 0 Å². The van der Waals surface area contributed by atoms with Crippen LogP contribution in [0.1, 0.15) is 18.4 Å².